The molecule has 0 radical (unpaired) electrons. The largest absolute Gasteiger partial charge is 0.497 e. The number of halogens is 1. The Morgan fingerprint density at radius 3 is 2.25 bits per heavy atom. The van der Waals surface area contributed by atoms with Crippen LogP contribution in [0.15, 0.2) is 53.0 Å². The number of ether oxygens (including phenoxy) is 1. The molecule has 1 N–H and O–H groups in total. The number of hydrogen-bond acceptors (Lipinski definition) is 3. The van der Waals surface area contributed by atoms with Gasteiger partial charge in [-0.15, -0.1) is 0 Å². The molecule has 0 bridgehead atoms. The number of benzene rings is 2. The van der Waals surface area contributed by atoms with Gasteiger partial charge in [-0.05, 0) is 48.7 Å². The first-order valence-electron chi connectivity index (χ1n) is 9.39. The first-order chi connectivity index (χ1) is 13.4. The van der Waals surface area contributed by atoms with Crippen molar-refractivity contribution in [2.45, 2.75) is 39.3 Å². The molecule has 0 spiro atoms. The quantitative estimate of drug-likeness (QED) is 0.634. The van der Waals surface area contributed by atoms with Gasteiger partial charge in [0.05, 0.1) is 13.5 Å². The maximum atomic E-state index is 13.1. The Kier molecular flexibility index (Phi) is 8.51. The summed E-state index contributed by atoms with van der Waals surface area (Å²) in [5.41, 5.74) is 1.86. The highest BCUT2D eigenvalue weighted by atomic mass is 79.9. The summed E-state index contributed by atoms with van der Waals surface area (Å²) in [5.74, 6) is 0.518. The first-order valence-corrected chi connectivity index (χ1v) is 10.2. The van der Waals surface area contributed by atoms with Crippen molar-refractivity contribution in [1.82, 2.24) is 10.2 Å². The van der Waals surface area contributed by atoms with Crippen LogP contribution in [-0.4, -0.2) is 36.4 Å². The number of nitrogens with one attached hydrogen (secondary N) is 1. The Labute approximate surface area is 175 Å². The van der Waals surface area contributed by atoms with E-state index in [9.17, 15) is 9.59 Å². The molecule has 1 atom stereocenters. The van der Waals surface area contributed by atoms with Gasteiger partial charge in [-0.2, -0.15) is 0 Å². The third-order valence-electron chi connectivity index (χ3n) is 4.50. The van der Waals surface area contributed by atoms with E-state index in [4.69, 9.17) is 4.74 Å². The molecular formula is C22H27BrN2O3. The number of rotatable bonds is 9. The fraction of sp³-hybridized carbons (Fsp3) is 0.364. The van der Waals surface area contributed by atoms with Crippen molar-refractivity contribution >= 4 is 27.7 Å². The highest BCUT2D eigenvalue weighted by Crippen LogP contribution is 2.17. The molecule has 2 amide bonds. The van der Waals surface area contributed by atoms with Gasteiger partial charge in [0, 0.05) is 17.6 Å². The number of methoxy groups -OCH3 is 1. The maximum Gasteiger partial charge on any atom is 0.242 e. The van der Waals surface area contributed by atoms with Crippen molar-refractivity contribution < 1.29 is 14.3 Å². The van der Waals surface area contributed by atoms with Crippen molar-refractivity contribution in [2.75, 3.05) is 13.7 Å². The van der Waals surface area contributed by atoms with E-state index in [0.29, 0.717) is 13.1 Å². The monoisotopic (exact) mass is 446 g/mol. The summed E-state index contributed by atoms with van der Waals surface area (Å²) in [5, 5.41) is 2.88. The number of carbonyl (C=O) groups excluding carboxylic acids is 2. The van der Waals surface area contributed by atoms with E-state index in [2.05, 4.69) is 21.2 Å². The van der Waals surface area contributed by atoms with E-state index in [1.54, 1.807) is 18.9 Å². The number of hydrogen-bond donors (Lipinski definition) is 1. The standard InChI is InChI=1S/C22H27BrN2O3/c1-4-13-24-22(27)16(2)25(15-18-5-9-19(23)10-6-18)21(26)14-17-7-11-20(28-3)12-8-17/h5-12,16H,4,13-15H2,1-3H3,(H,24,27)/t16-/m1/s1. The van der Waals surface area contributed by atoms with E-state index in [0.717, 1.165) is 27.8 Å². The molecule has 2 aromatic carbocycles. The van der Waals surface area contributed by atoms with Crippen LogP contribution in [0.5, 0.6) is 5.75 Å². The Morgan fingerprint density at radius 1 is 1.07 bits per heavy atom. The van der Waals surface area contributed by atoms with Gasteiger partial charge in [0.25, 0.3) is 0 Å². The fourth-order valence-electron chi connectivity index (χ4n) is 2.78. The molecule has 28 heavy (non-hydrogen) atoms. The summed E-state index contributed by atoms with van der Waals surface area (Å²) in [7, 11) is 1.61. The van der Waals surface area contributed by atoms with Gasteiger partial charge in [-0.25, -0.2) is 0 Å². The van der Waals surface area contributed by atoms with Gasteiger partial charge < -0.3 is 15.0 Å². The Hall–Kier alpha value is -2.34. The topological polar surface area (TPSA) is 58.6 Å². The molecule has 0 aromatic heterocycles. The Balaban J connectivity index is 2.18. The molecule has 0 heterocycles. The van der Waals surface area contributed by atoms with Crippen LogP contribution in [0, 0.1) is 0 Å². The molecule has 150 valence electrons. The van der Waals surface area contributed by atoms with Crippen molar-refractivity contribution in [3.63, 3.8) is 0 Å². The second kappa shape index (κ2) is 10.9. The van der Waals surface area contributed by atoms with E-state index < -0.39 is 6.04 Å². The summed E-state index contributed by atoms with van der Waals surface area (Å²) in [6.45, 7) is 4.75. The van der Waals surface area contributed by atoms with Crippen LogP contribution in [0.3, 0.4) is 0 Å². The zero-order valence-corrected chi connectivity index (χ0v) is 18.2. The van der Waals surface area contributed by atoms with Crippen LogP contribution >= 0.6 is 15.9 Å². The highest BCUT2D eigenvalue weighted by Gasteiger charge is 2.26. The van der Waals surface area contributed by atoms with Crippen LogP contribution in [0.1, 0.15) is 31.4 Å². The lowest BCUT2D eigenvalue weighted by Crippen LogP contribution is -2.48. The zero-order valence-electron chi connectivity index (χ0n) is 16.6. The highest BCUT2D eigenvalue weighted by molar-refractivity contribution is 9.10. The molecule has 0 saturated carbocycles. The normalized spacial score (nSPS) is 11.6. The minimum atomic E-state index is -0.555. The molecule has 6 heteroatoms. The Bertz CT molecular complexity index is 775. The number of nitrogens with zero attached hydrogens (tertiary/aromatic N) is 1. The molecule has 5 nitrogen and oxygen atoms in total. The van der Waals surface area contributed by atoms with Crippen molar-refractivity contribution in [3.05, 3.63) is 64.1 Å². The summed E-state index contributed by atoms with van der Waals surface area (Å²) >= 11 is 3.42. The zero-order chi connectivity index (χ0) is 20.5. The summed E-state index contributed by atoms with van der Waals surface area (Å²) in [6.07, 6.45) is 1.08. The second-order valence-electron chi connectivity index (χ2n) is 6.64. The lowest BCUT2D eigenvalue weighted by Gasteiger charge is -2.29. The van der Waals surface area contributed by atoms with Crippen LogP contribution in [0.25, 0.3) is 0 Å². The van der Waals surface area contributed by atoms with Crippen LogP contribution in [-0.2, 0) is 22.6 Å². The smallest absolute Gasteiger partial charge is 0.242 e. The van der Waals surface area contributed by atoms with E-state index in [1.807, 2.05) is 55.5 Å². The Morgan fingerprint density at radius 2 is 1.68 bits per heavy atom. The first kappa shape index (κ1) is 22.0. The molecule has 2 aromatic rings. The summed E-state index contributed by atoms with van der Waals surface area (Å²) in [4.78, 5) is 27.2. The minimum absolute atomic E-state index is 0.0905. The maximum absolute atomic E-state index is 13.1. The molecule has 0 unspecified atom stereocenters. The SMILES string of the molecule is CCCNC(=O)[C@@H](C)N(Cc1ccc(Br)cc1)C(=O)Cc1ccc(OC)cc1. The molecule has 0 fully saturated rings. The molecule has 0 saturated heterocycles. The van der Waals surface area contributed by atoms with Crippen molar-refractivity contribution in [2.24, 2.45) is 0 Å². The third kappa shape index (κ3) is 6.37. The average Bonchev–Trinajstić information content (AvgIpc) is 2.71. The van der Waals surface area contributed by atoms with Gasteiger partial charge in [0.15, 0.2) is 0 Å². The summed E-state index contributed by atoms with van der Waals surface area (Å²) < 4.78 is 6.14. The van der Waals surface area contributed by atoms with Gasteiger partial charge in [0.1, 0.15) is 11.8 Å². The van der Waals surface area contributed by atoms with E-state index >= 15 is 0 Å². The number of amides is 2. The molecule has 2 rings (SSSR count). The molecule has 0 aliphatic rings. The van der Waals surface area contributed by atoms with Crippen LogP contribution in [0.4, 0.5) is 0 Å². The van der Waals surface area contributed by atoms with Crippen molar-refractivity contribution in [3.8, 4) is 5.75 Å². The fourth-order valence-corrected chi connectivity index (χ4v) is 3.05. The van der Waals surface area contributed by atoms with Crippen LogP contribution < -0.4 is 10.1 Å². The number of carbonyl (C=O) groups is 2. The summed E-state index contributed by atoms with van der Waals surface area (Å²) in [6, 6.07) is 14.6. The predicted molar refractivity (Wildman–Crippen MR) is 114 cm³/mol. The molecule has 0 aliphatic heterocycles. The third-order valence-corrected chi connectivity index (χ3v) is 5.03. The average molecular weight is 447 g/mol. The molecule has 0 aliphatic carbocycles. The van der Waals surface area contributed by atoms with Crippen molar-refractivity contribution in [1.29, 1.82) is 0 Å². The van der Waals surface area contributed by atoms with Gasteiger partial charge in [0.2, 0.25) is 11.8 Å². The van der Waals surface area contributed by atoms with Gasteiger partial charge >= 0.3 is 0 Å². The van der Waals surface area contributed by atoms with Crippen LogP contribution in [0.2, 0.25) is 0 Å². The lowest BCUT2D eigenvalue weighted by atomic mass is 10.1. The van der Waals surface area contributed by atoms with E-state index in [-0.39, 0.29) is 18.2 Å². The van der Waals surface area contributed by atoms with Gasteiger partial charge in [-0.1, -0.05) is 47.1 Å². The van der Waals surface area contributed by atoms with Gasteiger partial charge in [-0.3, -0.25) is 9.59 Å². The van der Waals surface area contributed by atoms with E-state index in [1.165, 1.54) is 0 Å². The lowest BCUT2D eigenvalue weighted by molar-refractivity contribution is -0.140. The predicted octanol–water partition coefficient (Wildman–Crippen LogP) is 3.94. The second-order valence-corrected chi connectivity index (χ2v) is 7.56. The minimum Gasteiger partial charge on any atom is -0.497 e. The molecular weight excluding hydrogens is 420 g/mol.